The van der Waals surface area contributed by atoms with Gasteiger partial charge >= 0.3 is 144 Å². The predicted molar refractivity (Wildman–Crippen MR) is 231 cm³/mol. The van der Waals surface area contributed by atoms with Crippen molar-refractivity contribution in [2.45, 2.75) is 94.3 Å². The van der Waals surface area contributed by atoms with Crippen LogP contribution in [0, 0.1) is 24.0 Å². The van der Waals surface area contributed by atoms with Gasteiger partial charge in [0.25, 0.3) is 0 Å². The molecule has 1 radical (unpaired) electrons. The number of pyridine rings is 3. The molecule has 0 amide bonds. The van der Waals surface area contributed by atoms with Crippen LogP contribution in [0.15, 0.2) is 114 Å². The standard InChI is InChI=1S/C29H25N2O.C21H28GeN.Ir/c1-3-8-20(9-4-1)18-21-16-17-30-27(19-21)25-13-7-12-23-24-14-15-26(22-10-5-2-6-11-22)31-29(24)32-28(23)25;1-22(2,3)20-16-23-21(18-12-8-5-9-13-18)15-19(20)14-17-10-6-4-7-11-17;/h2,5-7,10-12,14-17,19-20H,1,3-4,8-9,18H2;5,8-9,12,15-17H,4,6-7,10-11,14H2,1-3H3;/q2*-1;. The van der Waals surface area contributed by atoms with Gasteiger partial charge in [0, 0.05) is 37.3 Å². The molecule has 0 bridgehead atoms. The first-order valence-electron chi connectivity index (χ1n) is 20.6. The van der Waals surface area contributed by atoms with E-state index >= 15 is 0 Å². The van der Waals surface area contributed by atoms with Gasteiger partial charge in [0.05, 0.1) is 11.3 Å². The Morgan fingerprint density at radius 2 is 1.39 bits per heavy atom. The Hall–Kier alpha value is -3.90. The topological polar surface area (TPSA) is 51.8 Å². The summed E-state index contributed by atoms with van der Waals surface area (Å²) in [5.74, 6) is 9.12. The van der Waals surface area contributed by atoms with Gasteiger partial charge in [0.2, 0.25) is 5.71 Å². The van der Waals surface area contributed by atoms with Crippen molar-refractivity contribution in [3.05, 3.63) is 133 Å². The van der Waals surface area contributed by atoms with Crippen molar-refractivity contribution in [2.24, 2.45) is 11.8 Å². The quantitative estimate of drug-likeness (QED) is 0.112. The summed E-state index contributed by atoms with van der Waals surface area (Å²) < 4.78 is 7.90. The zero-order chi connectivity index (χ0) is 37.6. The van der Waals surface area contributed by atoms with Crippen LogP contribution in [0.1, 0.15) is 75.3 Å². The van der Waals surface area contributed by atoms with E-state index in [9.17, 15) is 0 Å². The molecule has 2 aliphatic rings. The van der Waals surface area contributed by atoms with Gasteiger partial charge in [-0.1, -0.05) is 85.0 Å². The molecule has 2 aliphatic carbocycles. The Bertz CT molecular complexity index is 2340. The van der Waals surface area contributed by atoms with E-state index in [1.165, 1.54) is 76.2 Å². The van der Waals surface area contributed by atoms with Crippen molar-refractivity contribution in [2.75, 3.05) is 0 Å². The van der Waals surface area contributed by atoms with E-state index in [2.05, 4.69) is 101 Å². The van der Waals surface area contributed by atoms with Gasteiger partial charge in [0.15, 0.2) is 0 Å². The first-order chi connectivity index (χ1) is 26.9. The average Bonchev–Trinajstić information content (AvgIpc) is 3.60. The Morgan fingerprint density at radius 3 is 2.11 bits per heavy atom. The van der Waals surface area contributed by atoms with Crippen LogP contribution in [0.4, 0.5) is 0 Å². The molecule has 7 aromatic rings. The molecule has 2 fully saturated rings. The van der Waals surface area contributed by atoms with Crippen LogP contribution in [0.2, 0.25) is 17.3 Å². The third-order valence-corrected chi connectivity index (χ3v) is 16.0. The number of rotatable bonds is 8. The first kappa shape index (κ1) is 40.3. The number of fused-ring (bicyclic) bond motifs is 3. The van der Waals surface area contributed by atoms with E-state index in [1.54, 1.807) is 9.96 Å². The molecule has 0 saturated heterocycles. The summed E-state index contributed by atoms with van der Waals surface area (Å²) in [5.41, 5.74) is 10.4. The summed E-state index contributed by atoms with van der Waals surface area (Å²) in [6.45, 7) is 0. The normalized spacial score (nSPS) is 15.3. The summed E-state index contributed by atoms with van der Waals surface area (Å²) in [6.07, 6.45) is 20.4. The van der Waals surface area contributed by atoms with Crippen LogP contribution < -0.4 is 4.40 Å². The molecule has 289 valence electrons. The average molecular weight is 977 g/mol. The fourth-order valence-electron chi connectivity index (χ4n) is 8.79. The fraction of sp³-hybridized carbons (Fsp3) is 0.340. The molecular formula is C50H53GeIrN3O-2. The van der Waals surface area contributed by atoms with Crippen LogP contribution >= 0.6 is 0 Å². The van der Waals surface area contributed by atoms with Crippen molar-refractivity contribution in [1.29, 1.82) is 0 Å². The van der Waals surface area contributed by atoms with E-state index in [4.69, 9.17) is 14.4 Å². The molecule has 3 aromatic carbocycles. The van der Waals surface area contributed by atoms with Crippen LogP contribution in [0.3, 0.4) is 0 Å². The smallest absolute Gasteiger partial charge is 0.216 e. The zero-order valence-electron chi connectivity index (χ0n) is 33.1. The van der Waals surface area contributed by atoms with Gasteiger partial charge in [-0.3, -0.25) is 0 Å². The third-order valence-electron chi connectivity index (χ3n) is 11.7. The van der Waals surface area contributed by atoms with Crippen molar-refractivity contribution < 1.29 is 24.5 Å². The van der Waals surface area contributed by atoms with Crippen molar-refractivity contribution in [1.82, 2.24) is 15.0 Å². The molecule has 0 N–H and O–H groups in total. The van der Waals surface area contributed by atoms with Crippen molar-refractivity contribution in [3.63, 3.8) is 0 Å². The van der Waals surface area contributed by atoms with Crippen LogP contribution in [0.5, 0.6) is 0 Å². The number of benzene rings is 3. The summed E-state index contributed by atoms with van der Waals surface area (Å²) >= 11 is -1.89. The SMILES string of the molecule is [CH3][Ge]([CH3])([CH3])[c]1cnc(-c2[c-]cccc2)cc1CC1CCCCC1.[Ir].[c-]1ccc2c(oc3nc(-c4ccccc4)ccc32)c1-c1cc(CC2CCCCC2)ccn1. The minimum atomic E-state index is -1.89. The zero-order valence-corrected chi connectivity index (χ0v) is 37.6. The maximum atomic E-state index is 6.31. The van der Waals surface area contributed by atoms with Gasteiger partial charge in [-0.15, -0.1) is 18.2 Å². The second-order valence-electron chi connectivity index (χ2n) is 16.8. The summed E-state index contributed by atoms with van der Waals surface area (Å²) in [6, 6.07) is 40.0. The van der Waals surface area contributed by atoms with E-state index in [0.29, 0.717) is 5.71 Å². The molecule has 0 atom stereocenters. The molecule has 0 aliphatic heterocycles. The van der Waals surface area contributed by atoms with Gasteiger partial charge in [-0.05, 0) is 36.2 Å². The number of hydrogen-bond acceptors (Lipinski definition) is 4. The molecule has 6 heteroatoms. The van der Waals surface area contributed by atoms with Gasteiger partial charge in [-0.2, -0.15) is 0 Å². The second-order valence-corrected chi connectivity index (χ2v) is 27.4. The molecule has 4 heterocycles. The molecule has 4 nitrogen and oxygen atoms in total. The Morgan fingerprint density at radius 1 is 0.661 bits per heavy atom. The molecule has 9 rings (SSSR count). The van der Waals surface area contributed by atoms with Crippen LogP contribution in [-0.4, -0.2) is 28.2 Å². The Balaban J connectivity index is 0.000000178. The number of hydrogen-bond donors (Lipinski definition) is 0. The van der Waals surface area contributed by atoms with Gasteiger partial charge in [0.1, 0.15) is 0 Å². The second kappa shape index (κ2) is 18.6. The van der Waals surface area contributed by atoms with Gasteiger partial charge in [-0.25, -0.2) is 4.98 Å². The van der Waals surface area contributed by atoms with E-state index in [0.717, 1.165) is 68.4 Å². The molecule has 0 spiro atoms. The summed E-state index contributed by atoms with van der Waals surface area (Å²) in [5, 5.41) is 2.08. The first-order valence-corrected chi connectivity index (χ1v) is 27.9. The van der Waals surface area contributed by atoms with Crippen LogP contribution in [-0.2, 0) is 32.9 Å². The predicted octanol–water partition coefficient (Wildman–Crippen LogP) is 12.8. The molecular weight excluding hydrogens is 923 g/mol. The number of aromatic nitrogens is 3. The van der Waals surface area contributed by atoms with Gasteiger partial charge < -0.3 is 9.40 Å². The molecule has 4 aromatic heterocycles. The minimum Gasteiger partial charge on any atom is -0.486 e. The Labute approximate surface area is 349 Å². The van der Waals surface area contributed by atoms with Crippen molar-refractivity contribution >= 4 is 39.7 Å². The van der Waals surface area contributed by atoms with Crippen molar-refractivity contribution in [3.8, 4) is 33.8 Å². The molecule has 56 heavy (non-hydrogen) atoms. The summed E-state index contributed by atoms with van der Waals surface area (Å²) in [7, 11) is 0. The maximum Gasteiger partial charge on any atom is 0.216 e. The largest absolute Gasteiger partial charge is 0.486 e. The van der Waals surface area contributed by atoms with E-state index < -0.39 is 13.3 Å². The third kappa shape index (κ3) is 9.61. The van der Waals surface area contributed by atoms with E-state index in [1.807, 2.05) is 42.6 Å². The fourth-order valence-corrected chi connectivity index (χ4v) is 12.1. The minimum absolute atomic E-state index is 0. The number of nitrogens with zero attached hydrogens (tertiary/aromatic N) is 3. The summed E-state index contributed by atoms with van der Waals surface area (Å²) in [4.78, 5) is 14.3. The number of furan rings is 1. The Kier molecular flexibility index (Phi) is 13.4. The monoisotopic (exact) mass is 978 g/mol. The maximum absolute atomic E-state index is 6.31. The van der Waals surface area contributed by atoms with Crippen LogP contribution in [0.25, 0.3) is 55.8 Å². The molecule has 2 saturated carbocycles. The molecule has 0 unspecified atom stereocenters. The van der Waals surface area contributed by atoms with E-state index in [-0.39, 0.29) is 20.1 Å².